The number of amides is 2. The molecular weight excluding hydrogens is 645 g/mol. The van der Waals surface area contributed by atoms with Crippen LogP contribution in [0.3, 0.4) is 0 Å². The summed E-state index contributed by atoms with van der Waals surface area (Å²) >= 11 is 0. The fraction of sp³-hybridized carbons (Fsp3) is 0.541. The van der Waals surface area contributed by atoms with Crippen molar-refractivity contribution < 1.29 is 27.8 Å². The van der Waals surface area contributed by atoms with Crippen LogP contribution in [0.4, 0.5) is 18.4 Å². The van der Waals surface area contributed by atoms with Crippen molar-refractivity contribution in [1.82, 2.24) is 25.1 Å². The molecule has 1 aromatic heterocycles. The second-order valence-electron chi connectivity index (χ2n) is 16.3. The first kappa shape index (κ1) is 38.0. The van der Waals surface area contributed by atoms with Crippen molar-refractivity contribution in [3.8, 4) is 11.3 Å². The standard InChI is InChI=1S/C37H53F2N5O4Si/c1-36(2,3)32(33-41-31(28-19-27(38)15-16-29(28)39)24-43(33)21-25-13-11-10-12-14-25)40-20-26-22-44(35(46)48-37(4,5)6)23-30(26)42-34(45)47-17-18-49(7,8)9/h10-16,19,24,26,30,32,40H,17-18,20-23H2,1-9H3,(H,42,45)/t26?,30?,32-/m0/s1. The summed E-state index contributed by atoms with van der Waals surface area (Å²) in [6.45, 7) is 20.3. The van der Waals surface area contributed by atoms with Crippen molar-refractivity contribution in [2.75, 3.05) is 26.2 Å². The molecule has 0 bridgehead atoms. The molecule has 0 radical (unpaired) electrons. The molecule has 49 heavy (non-hydrogen) atoms. The third-order valence-electron chi connectivity index (χ3n) is 8.40. The van der Waals surface area contributed by atoms with E-state index in [1.165, 1.54) is 0 Å². The molecule has 2 aromatic carbocycles. The number of rotatable bonds is 11. The van der Waals surface area contributed by atoms with E-state index in [1.54, 1.807) is 11.1 Å². The molecule has 2 amide bonds. The number of halogens is 2. The smallest absolute Gasteiger partial charge is 0.410 e. The lowest BCUT2D eigenvalue weighted by atomic mass is 9.85. The van der Waals surface area contributed by atoms with Crippen LogP contribution in [0.15, 0.2) is 54.7 Å². The summed E-state index contributed by atoms with van der Waals surface area (Å²) in [6, 6.07) is 13.4. The highest BCUT2D eigenvalue weighted by Gasteiger charge is 2.40. The zero-order chi connectivity index (χ0) is 36.1. The Morgan fingerprint density at radius 3 is 2.35 bits per heavy atom. The summed E-state index contributed by atoms with van der Waals surface area (Å²) in [5.41, 5.74) is 0.399. The molecule has 268 valence electrons. The quantitative estimate of drug-likeness (QED) is 0.198. The average molecular weight is 698 g/mol. The first-order chi connectivity index (χ1) is 22.8. The van der Waals surface area contributed by atoms with Gasteiger partial charge < -0.3 is 29.6 Å². The van der Waals surface area contributed by atoms with Gasteiger partial charge in [0.05, 0.1) is 24.4 Å². The molecule has 12 heteroatoms. The fourth-order valence-electron chi connectivity index (χ4n) is 5.81. The molecule has 1 aliphatic heterocycles. The van der Waals surface area contributed by atoms with Gasteiger partial charge in [0.25, 0.3) is 0 Å². The van der Waals surface area contributed by atoms with Gasteiger partial charge in [0.15, 0.2) is 0 Å². The molecule has 0 aliphatic carbocycles. The highest BCUT2D eigenvalue weighted by atomic mass is 28.3. The van der Waals surface area contributed by atoms with Gasteiger partial charge in [-0.25, -0.2) is 23.4 Å². The van der Waals surface area contributed by atoms with Crippen molar-refractivity contribution in [2.24, 2.45) is 11.3 Å². The summed E-state index contributed by atoms with van der Waals surface area (Å²) in [4.78, 5) is 32.6. The van der Waals surface area contributed by atoms with E-state index in [9.17, 15) is 18.4 Å². The minimum atomic E-state index is -1.39. The zero-order valence-electron chi connectivity index (χ0n) is 30.4. The van der Waals surface area contributed by atoms with E-state index >= 15 is 0 Å². The van der Waals surface area contributed by atoms with E-state index in [-0.39, 0.29) is 35.5 Å². The summed E-state index contributed by atoms with van der Waals surface area (Å²) in [5, 5.41) is 6.71. The SMILES string of the molecule is CC(C)(C)OC(=O)N1CC(CN[C@@H](c2nc(-c3cc(F)ccc3F)cn2Cc2ccccc2)C(C)(C)C)C(NC(=O)OCC[Si](C)(C)C)C1. The first-order valence-electron chi connectivity index (χ1n) is 17.0. The number of carbonyl (C=O) groups is 2. The number of alkyl carbamates (subject to hydrolysis) is 1. The van der Waals surface area contributed by atoms with Gasteiger partial charge >= 0.3 is 12.2 Å². The Hall–Kier alpha value is -3.77. The minimum absolute atomic E-state index is 0.0846. The number of likely N-dealkylation sites (tertiary alicyclic amines) is 1. The van der Waals surface area contributed by atoms with E-state index in [4.69, 9.17) is 14.5 Å². The maximum atomic E-state index is 15.0. The average Bonchev–Trinajstić information content (AvgIpc) is 3.57. The monoisotopic (exact) mass is 697 g/mol. The van der Waals surface area contributed by atoms with E-state index in [0.717, 1.165) is 29.8 Å². The van der Waals surface area contributed by atoms with Crippen LogP contribution in [-0.2, 0) is 16.0 Å². The molecule has 2 N–H and O–H groups in total. The Kier molecular flexibility index (Phi) is 12.0. The summed E-state index contributed by atoms with van der Waals surface area (Å²) in [7, 11) is -1.39. The summed E-state index contributed by atoms with van der Waals surface area (Å²) in [6.07, 6.45) is 0.814. The highest BCUT2D eigenvalue weighted by molar-refractivity contribution is 6.76. The van der Waals surface area contributed by atoms with Crippen LogP contribution in [0.5, 0.6) is 0 Å². The van der Waals surface area contributed by atoms with Crippen molar-refractivity contribution in [3.63, 3.8) is 0 Å². The van der Waals surface area contributed by atoms with Crippen LogP contribution < -0.4 is 10.6 Å². The molecule has 1 saturated heterocycles. The van der Waals surface area contributed by atoms with Gasteiger partial charge in [-0.05, 0) is 56.0 Å². The number of nitrogens with zero attached hydrogens (tertiary/aromatic N) is 3. The number of hydrogen-bond donors (Lipinski definition) is 2. The third-order valence-corrected chi connectivity index (χ3v) is 10.1. The van der Waals surface area contributed by atoms with Gasteiger partial charge in [0.2, 0.25) is 0 Å². The van der Waals surface area contributed by atoms with Crippen LogP contribution >= 0.6 is 0 Å². The lowest BCUT2D eigenvalue weighted by Crippen LogP contribution is -2.46. The van der Waals surface area contributed by atoms with Crippen LogP contribution in [0.2, 0.25) is 25.7 Å². The lowest BCUT2D eigenvalue weighted by molar-refractivity contribution is 0.0284. The van der Waals surface area contributed by atoms with Crippen molar-refractivity contribution in [3.05, 3.63) is 77.8 Å². The fourth-order valence-corrected chi connectivity index (χ4v) is 6.52. The van der Waals surface area contributed by atoms with Crippen molar-refractivity contribution in [1.29, 1.82) is 0 Å². The van der Waals surface area contributed by atoms with Gasteiger partial charge in [-0.2, -0.15) is 0 Å². The Labute approximate surface area is 290 Å². The van der Waals surface area contributed by atoms with Crippen molar-refractivity contribution >= 4 is 20.3 Å². The van der Waals surface area contributed by atoms with Crippen LogP contribution in [0, 0.1) is 23.0 Å². The molecule has 1 aliphatic rings. The molecule has 3 aromatic rings. The number of carbonyl (C=O) groups excluding carboxylic acids is 2. The molecule has 4 rings (SSSR count). The van der Waals surface area contributed by atoms with Crippen LogP contribution in [0.25, 0.3) is 11.3 Å². The van der Waals surface area contributed by atoms with Gasteiger partial charge in [-0.3, -0.25) is 0 Å². The normalized spacial score (nSPS) is 17.6. The number of benzene rings is 2. The minimum Gasteiger partial charge on any atom is -0.450 e. The second-order valence-corrected chi connectivity index (χ2v) is 21.9. The molecular formula is C37H53F2N5O4Si. The summed E-state index contributed by atoms with van der Waals surface area (Å²) in [5.74, 6) is -0.627. The Bertz CT molecular complexity index is 1580. The second kappa shape index (κ2) is 15.4. The Morgan fingerprint density at radius 1 is 1.02 bits per heavy atom. The van der Waals surface area contributed by atoms with Gasteiger partial charge in [-0.15, -0.1) is 0 Å². The maximum absolute atomic E-state index is 15.0. The molecule has 9 nitrogen and oxygen atoms in total. The van der Waals surface area contributed by atoms with E-state index in [2.05, 4.69) is 51.0 Å². The molecule has 2 unspecified atom stereocenters. The van der Waals surface area contributed by atoms with E-state index < -0.39 is 37.5 Å². The number of nitrogens with one attached hydrogen (secondary N) is 2. The molecule has 1 fully saturated rings. The predicted molar refractivity (Wildman–Crippen MR) is 191 cm³/mol. The Balaban J connectivity index is 1.62. The number of imidazole rings is 1. The van der Waals surface area contributed by atoms with Crippen LogP contribution in [0.1, 0.15) is 59.0 Å². The predicted octanol–water partition coefficient (Wildman–Crippen LogP) is 7.85. The summed E-state index contributed by atoms with van der Waals surface area (Å²) < 4.78 is 42.4. The van der Waals surface area contributed by atoms with Crippen molar-refractivity contribution in [2.45, 2.75) is 91.5 Å². The van der Waals surface area contributed by atoms with Gasteiger partial charge in [-0.1, -0.05) is 70.7 Å². The number of ether oxygens (including phenoxy) is 2. The molecule has 0 saturated carbocycles. The number of hydrogen-bond acceptors (Lipinski definition) is 6. The largest absolute Gasteiger partial charge is 0.450 e. The zero-order valence-corrected chi connectivity index (χ0v) is 31.4. The Morgan fingerprint density at radius 2 is 1.71 bits per heavy atom. The molecule has 0 spiro atoms. The maximum Gasteiger partial charge on any atom is 0.410 e. The van der Waals surface area contributed by atoms with Gasteiger partial charge in [0.1, 0.15) is 23.1 Å². The first-order valence-corrected chi connectivity index (χ1v) is 20.7. The van der Waals surface area contributed by atoms with E-state index in [1.807, 2.05) is 55.7 Å². The number of aromatic nitrogens is 2. The van der Waals surface area contributed by atoms with E-state index in [0.29, 0.717) is 37.8 Å². The highest BCUT2D eigenvalue weighted by Crippen LogP contribution is 2.35. The van der Waals surface area contributed by atoms with Gasteiger partial charge in [0, 0.05) is 51.9 Å². The third kappa shape index (κ3) is 11.1. The lowest BCUT2D eigenvalue weighted by Gasteiger charge is -2.33. The topological polar surface area (TPSA) is 97.7 Å². The molecule has 2 heterocycles. The molecule has 3 atom stereocenters. The van der Waals surface area contributed by atoms with Crippen LogP contribution in [-0.4, -0.2) is 72.6 Å².